The molecule has 3 aromatic rings. The number of aromatic nitrogens is 5. The van der Waals surface area contributed by atoms with Gasteiger partial charge in [-0.25, -0.2) is 4.39 Å². The number of nitrogens with one attached hydrogen (secondary N) is 1. The van der Waals surface area contributed by atoms with E-state index >= 15 is 0 Å². The fourth-order valence-corrected chi connectivity index (χ4v) is 1.46. The third-order valence-corrected chi connectivity index (χ3v) is 2.32. The minimum absolute atomic E-state index is 0.130. The Bertz CT molecular complexity index is 678. The summed E-state index contributed by atoms with van der Waals surface area (Å²) in [5, 5.41) is 13.6. The smallest absolute Gasteiger partial charge is 0.260 e. The molecule has 0 radical (unpaired) electrons. The van der Waals surface area contributed by atoms with Crippen molar-refractivity contribution in [2.75, 3.05) is 5.73 Å². The van der Waals surface area contributed by atoms with Gasteiger partial charge in [-0.2, -0.15) is 20.4 Å². The Labute approximate surface area is 99.8 Å². The van der Waals surface area contributed by atoms with Crippen molar-refractivity contribution in [1.82, 2.24) is 25.6 Å². The molecule has 7 nitrogen and oxygen atoms in total. The summed E-state index contributed by atoms with van der Waals surface area (Å²) in [6.45, 7) is 0. The highest BCUT2D eigenvalue weighted by molar-refractivity contribution is 5.71. The third-order valence-electron chi connectivity index (χ3n) is 2.32. The summed E-state index contributed by atoms with van der Waals surface area (Å²) >= 11 is 0. The first-order chi connectivity index (χ1) is 8.74. The molecule has 0 fully saturated rings. The van der Waals surface area contributed by atoms with Gasteiger partial charge in [0.05, 0.1) is 11.8 Å². The van der Waals surface area contributed by atoms with Crippen LogP contribution < -0.4 is 5.73 Å². The zero-order valence-corrected chi connectivity index (χ0v) is 8.96. The minimum Gasteiger partial charge on any atom is -0.398 e. The number of nitrogen functional groups attached to an aromatic ring is 1. The second-order valence-electron chi connectivity index (χ2n) is 3.51. The number of hydrogen-bond acceptors (Lipinski definition) is 6. The highest BCUT2D eigenvalue weighted by Crippen LogP contribution is 2.26. The maximum Gasteiger partial charge on any atom is 0.260 e. The highest BCUT2D eigenvalue weighted by Gasteiger charge is 2.15. The van der Waals surface area contributed by atoms with Crippen molar-refractivity contribution < 1.29 is 8.91 Å². The van der Waals surface area contributed by atoms with Crippen molar-refractivity contribution in [2.45, 2.75) is 0 Å². The van der Waals surface area contributed by atoms with E-state index in [1.54, 1.807) is 0 Å². The Balaban J connectivity index is 2.05. The SMILES string of the molecule is Nc1ccc(F)cc1-c1nc(-c2cn[nH]n2)no1. The molecule has 8 heteroatoms. The molecule has 0 saturated carbocycles. The molecular weight excluding hydrogens is 239 g/mol. The van der Waals surface area contributed by atoms with Crippen LogP contribution >= 0.6 is 0 Å². The number of nitrogens with two attached hydrogens (primary N) is 1. The number of nitrogens with zero attached hydrogens (tertiary/aromatic N) is 4. The van der Waals surface area contributed by atoms with Crippen molar-refractivity contribution in [2.24, 2.45) is 0 Å². The van der Waals surface area contributed by atoms with Crippen molar-refractivity contribution in [3.63, 3.8) is 0 Å². The lowest BCUT2D eigenvalue weighted by Crippen LogP contribution is -1.91. The summed E-state index contributed by atoms with van der Waals surface area (Å²) in [7, 11) is 0. The van der Waals surface area contributed by atoms with Gasteiger partial charge in [-0.15, -0.1) is 0 Å². The number of rotatable bonds is 2. The van der Waals surface area contributed by atoms with Gasteiger partial charge in [-0.3, -0.25) is 0 Å². The van der Waals surface area contributed by atoms with Gasteiger partial charge >= 0.3 is 0 Å². The second kappa shape index (κ2) is 3.91. The molecule has 2 heterocycles. The van der Waals surface area contributed by atoms with Crippen LogP contribution in [-0.2, 0) is 0 Å². The number of aromatic amines is 1. The minimum atomic E-state index is -0.430. The van der Waals surface area contributed by atoms with E-state index in [4.69, 9.17) is 10.3 Å². The average Bonchev–Trinajstić information content (AvgIpc) is 3.00. The Morgan fingerprint density at radius 1 is 1.33 bits per heavy atom. The Hall–Kier alpha value is -2.77. The molecule has 0 amide bonds. The molecular formula is C10H7FN6O. The van der Waals surface area contributed by atoms with E-state index in [0.29, 0.717) is 16.9 Å². The normalized spacial score (nSPS) is 10.7. The average molecular weight is 246 g/mol. The number of benzene rings is 1. The van der Waals surface area contributed by atoms with E-state index in [9.17, 15) is 4.39 Å². The van der Waals surface area contributed by atoms with Crippen LogP contribution in [-0.4, -0.2) is 25.6 Å². The van der Waals surface area contributed by atoms with Gasteiger partial charge in [-0.1, -0.05) is 5.16 Å². The molecule has 0 atom stereocenters. The van der Waals surface area contributed by atoms with Crippen LogP contribution in [0.15, 0.2) is 28.9 Å². The van der Waals surface area contributed by atoms with E-state index in [2.05, 4.69) is 25.6 Å². The molecule has 0 saturated heterocycles. The van der Waals surface area contributed by atoms with Crippen LogP contribution in [0, 0.1) is 5.82 Å². The fourth-order valence-electron chi connectivity index (χ4n) is 1.46. The first-order valence-corrected chi connectivity index (χ1v) is 4.99. The van der Waals surface area contributed by atoms with Crippen molar-refractivity contribution in [3.05, 3.63) is 30.2 Å². The molecule has 0 spiro atoms. The quantitative estimate of drug-likeness (QED) is 0.659. The summed E-state index contributed by atoms with van der Waals surface area (Å²) in [6, 6.07) is 3.92. The predicted octanol–water partition coefficient (Wildman–Crippen LogP) is 1.24. The van der Waals surface area contributed by atoms with Crippen molar-refractivity contribution >= 4 is 5.69 Å². The van der Waals surface area contributed by atoms with Gasteiger partial charge in [-0.05, 0) is 18.2 Å². The number of anilines is 1. The first kappa shape index (κ1) is 10.4. The number of hydrogen-bond donors (Lipinski definition) is 2. The summed E-state index contributed by atoms with van der Waals surface area (Å²) in [5.41, 5.74) is 6.85. The van der Waals surface area contributed by atoms with Crippen molar-refractivity contribution in [3.8, 4) is 23.0 Å². The van der Waals surface area contributed by atoms with Gasteiger partial charge in [0.2, 0.25) is 5.82 Å². The lowest BCUT2D eigenvalue weighted by atomic mass is 10.2. The lowest BCUT2D eigenvalue weighted by molar-refractivity contribution is 0.432. The molecule has 0 unspecified atom stereocenters. The second-order valence-corrected chi connectivity index (χ2v) is 3.51. The molecule has 0 aliphatic heterocycles. The van der Waals surface area contributed by atoms with Gasteiger partial charge in [0.15, 0.2) is 5.69 Å². The van der Waals surface area contributed by atoms with Crippen LogP contribution in [0.2, 0.25) is 0 Å². The molecule has 3 N–H and O–H groups in total. The summed E-state index contributed by atoms with van der Waals surface area (Å²) in [6.07, 6.45) is 1.45. The zero-order valence-electron chi connectivity index (χ0n) is 8.96. The van der Waals surface area contributed by atoms with Gasteiger partial charge in [0.1, 0.15) is 5.82 Å². The van der Waals surface area contributed by atoms with Crippen LogP contribution in [0.4, 0.5) is 10.1 Å². The highest BCUT2D eigenvalue weighted by atomic mass is 19.1. The van der Waals surface area contributed by atoms with Gasteiger partial charge in [0.25, 0.3) is 5.89 Å². The molecule has 90 valence electrons. The van der Waals surface area contributed by atoms with E-state index in [1.165, 1.54) is 24.4 Å². The summed E-state index contributed by atoms with van der Waals surface area (Å²) < 4.78 is 18.2. The predicted molar refractivity (Wildman–Crippen MR) is 59.5 cm³/mol. The summed E-state index contributed by atoms with van der Waals surface area (Å²) in [5.74, 6) is -0.0483. The Morgan fingerprint density at radius 2 is 2.22 bits per heavy atom. The fraction of sp³-hybridized carbons (Fsp3) is 0. The zero-order chi connectivity index (χ0) is 12.5. The molecule has 0 aliphatic carbocycles. The Morgan fingerprint density at radius 3 is 3.00 bits per heavy atom. The summed E-state index contributed by atoms with van der Waals surface area (Å²) in [4.78, 5) is 4.08. The van der Waals surface area contributed by atoms with E-state index in [0.717, 1.165) is 0 Å². The maximum absolute atomic E-state index is 13.1. The van der Waals surface area contributed by atoms with E-state index in [-0.39, 0.29) is 11.7 Å². The van der Waals surface area contributed by atoms with Crippen LogP contribution in [0.25, 0.3) is 23.0 Å². The number of halogens is 1. The van der Waals surface area contributed by atoms with Crippen LogP contribution in [0.5, 0.6) is 0 Å². The molecule has 0 bridgehead atoms. The monoisotopic (exact) mass is 246 g/mol. The van der Waals surface area contributed by atoms with E-state index < -0.39 is 5.82 Å². The van der Waals surface area contributed by atoms with Gasteiger partial charge < -0.3 is 10.3 Å². The first-order valence-electron chi connectivity index (χ1n) is 4.99. The van der Waals surface area contributed by atoms with Crippen LogP contribution in [0.3, 0.4) is 0 Å². The third kappa shape index (κ3) is 1.69. The standard InChI is InChI=1S/C10H7FN6O/c11-5-1-2-7(12)6(3-5)10-14-9(16-18-10)8-4-13-17-15-8/h1-4H,12H2,(H,13,15,17). The maximum atomic E-state index is 13.1. The number of H-pyrrole nitrogens is 1. The van der Waals surface area contributed by atoms with Crippen molar-refractivity contribution in [1.29, 1.82) is 0 Å². The molecule has 3 rings (SSSR count). The topological polar surface area (TPSA) is 107 Å². The molecule has 0 aliphatic rings. The Kier molecular flexibility index (Phi) is 2.26. The van der Waals surface area contributed by atoms with Crippen LogP contribution in [0.1, 0.15) is 0 Å². The molecule has 1 aromatic carbocycles. The molecule has 2 aromatic heterocycles. The molecule has 18 heavy (non-hydrogen) atoms. The van der Waals surface area contributed by atoms with Gasteiger partial charge in [0, 0.05) is 5.69 Å². The van der Waals surface area contributed by atoms with E-state index in [1.807, 2.05) is 0 Å². The largest absolute Gasteiger partial charge is 0.398 e. The lowest BCUT2D eigenvalue weighted by Gasteiger charge is -1.99.